The van der Waals surface area contributed by atoms with E-state index >= 15 is 0 Å². The minimum atomic E-state index is -0.0665. The Labute approximate surface area is 121 Å². The number of hydrogen-bond acceptors (Lipinski definition) is 2. The molecule has 0 aliphatic rings. The number of rotatable bonds is 4. The normalized spacial score (nSPS) is 12.2. The second-order valence-electron chi connectivity index (χ2n) is 4.57. The van der Waals surface area contributed by atoms with E-state index in [0.29, 0.717) is 12.1 Å². The number of amides is 1. The van der Waals surface area contributed by atoms with Gasteiger partial charge in [0, 0.05) is 29.5 Å². The Morgan fingerprint density at radius 2 is 2.32 bits per heavy atom. The van der Waals surface area contributed by atoms with Crippen LogP contribution in [0.5, 0.6) is 0 Å². The highest BCUT2D eigenvalue weighted by Gasteiger charge is 2.13. The van der Waals surface area contributed by atoms with Gasteiger partial charge in [0.15, 0.2) is 0 Å². The van der Waals surface area contributed by atoms with Gasteiger partial charge in [-0.15, -0.1) is 0 Å². The van der Waals surface area contributed by atoms with Crippen LogP contribution >= 0.6 is 15.9 Å². The Morgan fingerprint density at radius 3 is 3.00 bits per heavy atom. The van der Waals surface area contributed by atoms with Gasteiger partial charge in [0.2, 0.25) is 0 Å². The first-order chi connectivity index (χ1) is 9.08. The van der Waals surface area contributed by atoms with Gasteiger partial charge in [-0.25, -0.2) is 4.98 Å². The van der Waals surface area contributed by atoms with E-state index in [0.717, 1.165) is 10.0 Å². The van der Waals surface area contributed by atoms with Crippen molar-refractivity contribution >= 4 is 21.8 Å². The van der Waals surface area contributed by atoms with Gasteiger partial charge >= 0.3 is 0 Å². The Hall–Kier alpha value is -1.62. The zero-order valence-corrected chi connectivity index (χ0v) is 12.5. The molecule has 5 heteroatoms. The molecule has 0 radical (unpaired) electrons. The van der Waals surface area contributed by atoms with Gasteiger partial charge in [0.25, 0.3) is 5.91 Å². The van der Waals surface area contributed by atoms with E-state index in [9.17, 15) is 4.79 Å². The molecule has 1 atom stereocenters. The van der Waals surface area contributed by atoms with Crippen molar-refractivity contribution in [2.75, 3.05) is 0 Å². The van der Waals surface area contributed by atoms with Gasteiger partial charge in [0.05, 0.1) is 11.9 Å². The van der Waals surface area contributed by atoms with E-state index < -0.39 is 0 Å². The van der Waals surface area contributed by atoms with Crippen molar-refractivity contribution in [1.82, 2.24) is 14.9 Å². The predicted octanol–water partition coefficient (Wildman–Crippen LogP) is 2.77. The summed E-state index contributed by atoms with van der Waals surface area (Å²) in [6, 6.07) is 5.70. The van der Waals surface area contributed by atoms with Crippen LogP contribution in [-0.4, -0.2) is 21.5 Å². The van der Waals surface area contributed by atoms with Gasteiger partial charge in [-0.3, -0.25) is 4.79 Å². The number of carbonyl (C=O) groups is 1. The van der Waals surface area contributed by atoms with Crippen molar-refractivity contribution in [2.45, 2.75) is 26.4 Å². The second-order valence-corrected chi connectivity index (χ2v) is 5.36. The van der Waals surface area contributed by atoms with Gasteiger partial charge in [-0.2, -0.15) is 0 Å². The molecule has 1 N–H and O–H groups in total. The summed E-state index contributed by atoms with van der Waals surface area (Å²) in [7, 11) is 0. The first kappa shape index (κ1) is 13.8. The number of hydrogen-bond donors (Lipinski definition) is 1. The largest absolute Gasteiger partial charge is 0.348 e. The summed E-state index contributed by atoms with van der Waals surface area (Å²) in [4.78, 5) is 16.2. The van der Waals surface area contributed by atoms with Crippen molar-refractivity contribution in [3.8, 4) is 0 Å². The maximum Gasteiger partial charge on any atom is 0.252 e. The molecule has 0 aliphatic heterocycles. The lowest BCUT2D eigenvalue weighted by Gasteiger charge is -2.15. The monoisotopic (exact) mass is 321 g/mol. The molecule has 0 saturated carbocycles. The van der Waals surface area contributed by atoms with Crippen molar-refractivity contribution in [3.05, 3.63) is 52.5 Å². The summed E-state index contributed by atoms with van der Waals surface area (Å²) < 4.78 is 2.79. The molecule has 4 nitrogen and oxygen atoms in total. The molecule has 0 aliphatic carbocycles. The molecular formula is C14H16BrN3O. The number of benzene rings is 1. The molecule has 1 amide bonds. The van der Waals surface area contributed by atoms with Crippen LogP contribution in [0, 0.1) is 6.92 Å². The second kappa shape index (κ2) is 6.02. The molecule has 2 aromatic rings. The van der Waals surface area contributed by atoms with Crippen LogP contribution in [0.3, 0.4) is 0 Å². The summed E-state index contributed by atoms with van der Waals surface area (Å²) >= 11 is 3.46. The minimum Gasteiger partial charge on any atom is -0.348 e. The van der Waals surface area contributed by atoms with Gasteiger partial charge in [-0.05, 0) is 41.4 Å². The third-order valence-corrected chi connectivity index (χ3v) is 3.91. The van der Waals surface area contributed by atoms with Crippen molar-refractivity contribution in [3.63, 3.8) is 0 Å². The summed E-state index contributed by atoms with van der Waals surface area (Å²) in [6.45, 7) is 4.65. The van der Waals surface area contributed by atoms with E-state index in [4.69, 9.17) is 0 Å². The Bertz CT molecular complexity index is 566. The average molecular weight is 322 g/mol. The fourth-order valence-electron chi connectivity index (χ4n) is 1.88. The number of aromatic nitrogens is 2. The average Bonchev–Trinajstić information content (AvgIpc) is 2.85. The highest BCUT2D eigenvalue weighted by atomic mass is 79.9. The number of nitrogens with zero attached hydrogens (tertiary/aromatic N) is 2. The third-order valence-electron chi connectivity index (χ3n) is 2.86. The third kappa shape index (κ3) is 3.44. The van der Waals surface area contributed by atoms with Crippen LogP contribution in [-0.2, 0) is 6.54 Å². The topological polar surface area (TPSA) is 46.9 Å². The number of aryl methyl sites for hydroxylation is 1. The van der Waals surface area contributed by atoms with Crippen molar-refractivity contribution in [2.24, 2.45) is 0 Å². The molecule has 1 aromatic heterocycles. The Balaban J connectivity index is 2.02. The summed E-state index contributed by atoms with van der Waals surface area (Å²) in [6.07, 6.45) is 5.35. The molecule has 2 rings (SSSR count). The Morgan fingerprint density at radius 1 is 1.53 bits per heavy atom. The van der Waals surface area contributed by atoms with E-state index in [1.54, 1.807) is 12.5 Å². The number of carbonyl (C=O) groups excluding carboxylic acids is 1. The van der Waals surface area contributed by atoms with Crippen molar-refractivity contribution < 1.29 is 4.79 Å². The maximum atomic E-state index is 12.2. The maximum absolute atomic E-state index is 12.2. The minimum absolute atomic E-state index is 0.0362. The number of halogens is 1. The zero-order valence-electron chi connectivity index (χ0n) is 10.9. The van der Waals surface area contributed by atoms with Crippen LogP contribution in [0.2, 0.25) is 0 Å². The first-order valence-electron chi connectivity index (χ1n) is 6.09. The van der Waals surface area contributed by atoms with E-state index in [1.807, 2.05) is 42.8 Å². The predicted molar refractivity (Wildman–Crippen MR) is 78.0 cm³/mol. The van der Waals surface area contributed by atoms with Crippen LogP contribution < -0.4 is 5.32 Å². The van der Waals surface area contributed by atoms with E-state index in [-0.39, 0.29) is 11.9 Å². The summed E-state index contributed by atoms with van der Waals surface area (Å²) in [5.41, 5.74) is 1.72. The lowest BCUT2D eigenvalue weighted by atomic mass is 10.1. The van der Waals surface area contributed by atoms with Gasteiger partial charge < -0.3 is 9.88 Å². The molecule has 1 heterocycles. The lowest BCUT2D eigenvalue weighted by Crippen LogP contribution is -2.35. The zero-order chi connectivity index (χ0) is 13.8. The van der Waals surface area contributed by atoms with Crippen LogP contribution in [0.25, 0.3) is 0 Å². The highest BCUT2D eigenvalue weighted by molar-refractivity contribution is 9.10. The number of imidazole rings is 1. The molecule has 100 valence electrons. The molecule has 1 unspecified atom stereocenters. The molecule has 0 saturated heterocycles. The molecule has 0 spiro atoms. The summed E-state index contributed by atoms with van der Waals surface area (Å²) in [5, 5.41) is 2.98. The van der Waals surface area contributed by atoms with Gasteiger partial charge in [-0.1, -0.05) is 12.1 Å². The molecule has 0 fully saturated rings. The van der Waals surface area contributed by atoms with E-state index in [2.05, 4.69) is 26.2 Å². The first-order valence-corrected chi connectivity index (χ1v) is 6.89. The van der Waals surface area contributed by atoms with Gasteiger partial charge in [0.1, 0.15) is 0 Å². The lowest BCUT2D eigenvalue weighted by molar-refractivity contribution is 0.0936. The highest BCUT2D eigenvalue weighted by Crippen LogP contribution is 2.20. The van der Waals surface area contributed by atoms with Crippen LogP contribution in [0.4, 0.5) is 0 Å². The SMILES string of the molecule is Cc1cccc(C(=O)NC(C)Cn2ccnc2)c1Br. The number of nitrogens with one attached hydrogen (secondary N) is 1. The standard InChI is InChI=1S/C14H16BrN3O/c1-10-4-3-5-12(13(10)15)14(19)17-11(2)8-18-7-6-16-9-18/h3-7,9,11H,8H2,1-2H3,(H,17,19). The van der Waals surface area contributed by atoms with Crippen LogP contribution in [0.15, 0.2) is 41.4 Å². The fraction of sp³-hybridized carbons (Fsp3) is 0.286. The van der Waals surface area contributed by atoms with Crippen molar-refractivity contribution in [1.29, 1.82) is 0 Å². The summed E-state index contributed by atoms with van der Waals surface area (Å²) in [5.74, 6) is -0.0665. The Kier molecular flexibility index (Phi) is 4.37. The van der Waals surface area contributed by atoms with E-state index in [1.165, 1.54) is 0 Å². The fourth-order valence-corrected chi connectivity index (χ4v) is 2.33. The molecular weight excluding hydrogens is 306 g/mol. The molecule has 1 aromatic carbocycles. The molecule has 19 heavy (non-hydrogen) atoms. The molecule has 0 bridgehead atoms. The van der Waals surface area contributed by atoms with Crippen LogP contribution in [0.1, 0.15) is 22.8 Å². The quantitative estimate of drug-likeness (QED) is 0.941. The smallest absolute Gasteiger partial charge is 0.252 e.